The van der Waals surface area contributed by atoms with Crippen molar-refractivity contribution in [1.82, 2.24) is 9.47 Å². The Labute approximate surface area is 128 Å². The van der Waals surface area contributed by atoms with Crippen molar-refractivity contribution >= 4 is 17.3 Å². The number of carbonyl (C=O) groups is 1. The maximum atomic E-state index is 11.7. The van der Waals surface area contributed by atoms with Gasteiger partial charge in [0, 0.05) is 36.8 Å². The summed E-state index contributed by atoms with van der Waals surface area (Å²) in [5, 5.41) is 1.80. The number of nitrogens with zero attached hydrogens (tertiary/aromatic N) is 2. The molecule has 1 aromatic rings. The zero-order chi connectivity index (χ0) is 15.2. The third-order valence-corrected chi connectivity index (χ3v) is 4.54. The molecule has 21 heavy (non-hydrogen) atoms. The summed E-state index contributed by atoms with van der Waals surface area (Å²) in [7, 11) is 0. The van der Waals surface area contributed by atoms with Crippen molar-refractivity contribution in [2.24, 2.45) is 0 Å². The first-order valence-electron chi connectivity index (χ1n) is 7.20. The van der Waals surface area contributed by atoms with Crippen molar-refractivity contribution in [3.05, 3.63) is 20.7 Å². The lowest BCUT2D eigenvalue weighted by atomic mass is 10.2. The predicted octanol–water partition coefficient (Wildman–Crippen LogP) is 0.872. The minimum Gasteiger partial charge on any atom is -0.464 e. The first kappa shape index (κ1) is 16.2. The molecule has 0 radical (unpaired) electrons. The maximum absolute atomic E-state index is 11.7. The van der Waals surface area contributed by atoms with Crippen molar-refractivity contribution in [1.29, 1.82) is 0 Å². The molecule has 1 saturated heterocycles. The van der Waals surface area contributed by atoms with E-state index in [1.54, 1.807) is 9.95 Å². The largest absolute Gasteiger partial charge is 0.464 e. The third kappa shape index (κ3) is 4.66. The van der Waals surface area contributed by atoms with E-state index in [0.717, 1.165) is 43.3 Å². The molecule has 118 valence electrons. The Bertz CT molecular complexity index is 525. The van der Waals surface area contributed by atoms with E-state index in [9.17, 15) is 9.59 Å². The van der Waals surface area contributed by atoms with E-state index in [2.05, 4.69) is 11.8 Å². The number of aryl methyl sites for hydroxylation is 1. The lowest BCUT2D eigenvalue weighted by molar-refractivity contribution is -0.144. The van der Waals surface area contributed by atoms with Crippen LogP contribution in [0.4, 0.5) is 0 Å². The molecular weight excluding hydrogens is 292 g/mol. The van der Waals surface area contributed by atoms with Gasteiger partial charge in [0.05, 0.1) is 19.6 Å². The van der Waals surface area contributed by atoms with Gasteiger partial charge in [-0.25, -0.2) is 0 Å². The van der Waals surface area contributed by atoms with Gasteiger partial charge in [0.1, 0.15) is 6.61 Å². The fourth-order valence-electron chi connectivity index (χ4n) is 2.32. The monoisotopic (exact) mass is 314 g/mol. The molecule has 0 unspecified atom stereocenters. The first-order valence-corrected chi connectivity index (χ1v) is 8.08. The molecular formula is C14H22N2O4S. The molecule has 1 atom stereocenters. The van der Waals surface area contributed by atoms with Gasteiger partial charge in [0.15, 0.2) is 0 Å². The van der Waals surface area contributed by atoms with Gasteiger partial charge in [0.2, 0.25) is 0 Å². The summed E-state index contributed by atoms with van der Waals surface area (Å²) in [6.45, 7) is 7.82. The molecule has 6 nitrogen and oxygen atoms in total. The number of hydrogen-bond acceptors (Lipinski definition) is 6. The fourth-order valence-corrected chi connectivity index (χ4v) is 3.08. The normalized spacial score (nSPS) is 19.6. The van der Waals surface area contributed by atoms with Crippen LogP contribution in [0, 0.1) is 6.92 Å². The molecule has 2 rings (SSSR count). The van der Waals surface area contributed by atoms with Crippen LogP contribution in [0.1, 0.15) is 19.0 Å². The summed E-state index contributed by atoms with van der Waals surface area (Å²) < 4.78 is 12.2. The highest BCUT2D eigenvalue weighted by molar-refractivity contribution is 7.07. The van der Waals surface area contributed by atoms with Crippen LogP contribution >= 0.6 is 11.3 Å². The molecule has 2 heterocycles. The van der Waals surface area contributed by atoms with Gasteiger partial charge in [-0.3, -0.25) is 14.5 Å². The second-order valence-corrected chi connectivity index (χ2v) is 6.05. The first-order chi connectivity index (χ1) is 10.1. The summed E-state index contributed by atoms with van der Waals surface area (Å²) in [4.78, 5) is 25.5. The van der Waals surface area contributed by atoms with Crippen LogP contribution in [0.25, 0.3) is 0 Å². The van der Waals surface area contributed by atoms with E-state index in [4.69, 9.17) is 9.47 Å². The maximum Gasteiger partial charge on any atom is 0.307 e. The van der Waals surface area contributed by atoms with E-state index < -0.39 is 0 Å². The molecule has 7 heteroatoms. The molecule has 0 spiro atoms. The molecule has 0 bridgehead atoms. The van der Waals surface area contributed by atoms with Gasteiger partial charge in [-0.15, -0.1) is 0 Å². The van der Waals surface area contributed by atoms with Gasteiger partial charge < -0.3 is 14.0 Å². The number of morpholine rings is 1. The lowest BCUT2D eigenvalue weighted by Crippen LogP contribution is -2.45. The van der Waals surface area contributed by atoms with Crippen molar-refractivity contribution in [2.45, 2.75) is 32.9 Å². The Balaban J connectivity index is 1.67. The topological polar surface area (TPSA) is 60.8 Å². The Morgan fingerprint density at radius 1 is 1.52 bits per heavy atom. The molecule has 0 aromatic carbocycles. The molecule has 1 fully saturated rings. The molecule has 0 amide bonds. The summed E-state index contributed by atoms with van der Waals surface area (Å²) in [5.74, 6) is -0.256. The standard InChI is InChI=1S/C14H22N2O4S/c1-11-9-19-7-5-15(11)6-8-20-13(17)3-4-16-12(2)10-21-14(16)18/h10-11H,3-9H2,1-2H3/t11-/m0/s1. The Morgan fingerprint density at radius 2 is 2.33 bits per heavy atom. The van der Waals surface area contributed by atoms with Crippen LogP contribution in [-0.2, 0) is 20.8 Å². The van der Waals surface area contributed by atoms with Crippen molar-refractivity contribution in [3.63, 3.8) is 0 Å². The Morgan fingerprint density at radius 3 is 3.00 bits per heavy atom. The average molecular weight is 314 g/mol. The summed E-state index contributed by atoms with van der Waals surface area (Å²) in [6, 6.07) is 0.365. The van der Waals surface area contributed by atoms with Crippen LogP contribution in [0.3, 0.4) is 0 Å². The lowest BCUT2D eigenvalue weighted by Gasteiger charge is -2.32. The van der Waals surface area contributed by atoms with Gasteiger partial charge in [-0.1, -0.05) is 11.3 Å². The third-order valence-electron chi connectivity index (χ3n) is 3.66. The van der Waals surface area contributed by atoms with E-state index in [1.807, 2.05) is 6.92 Å². The van der Waals surface area contributed by atoms with Gasteiger partial charge in [0.25, 0.3) is 0 Å². The van der Waals surface area contributed by atoms with Crippen molar-refractivity contribution in [3.8, 4) is 0 Å². The minimum absolute atomic E-state index is 0.0255. The molecule has 1 aliphatic heterocycles. The van der Waals surface area contributed by atoms with Crippen molar-refractivity contribution in [2.75, 3.05) is 32.9 Å². The van der Waals surface area contributed by atoms with E-state index >= 15 is 0 Å². The second kappa shape index (κ2) is 7.72. The highest BCUT2D eigenvalue weighted by atomic mass is 32.1. The van der Waals surface area contributed by atoms with Gasteiger partial charge in [-0.2, -0.15) is 0 Å². The average Bonchev–Trinajstić information content (AvgIpc) is 2.78. The van der Waals surface area contributed by atoms with Crippen LogP contribution in [0.15, 0.2) is 10.2 Å². The number of hydrogen-bond donors (Lipinski definition) is 0. The Hall–Kier alpha value is -1.18. The predicted molar refractivity (Wildman–Crippen MR) is 80.7 cm³/mol. The van der Waals surface area contributed by atoms with E-state index in [1.165, 1.54) is 0 Å². The highest BCUT2D eigenvalue weighted by Gasteiger charge is 2.18. The number of aromatic nitrogens is 1. The molecule has 1 aromatic heterocycles. The zero-order valence-corrected chi connectivity index (χ0v) is 13.4. The fraction of sp³-hybridized carbons (Fsp3) is 0.714. The summed E-state index contributed by atoms with van der Waals surface area (Å²) in [6.07, 6.45) is 0.232. The number of rotatable bonds is 6. The summed E-state index contributed by atoms with van der Waals surface area (Å²) in [5.41, 5.74) is 0.889. The minimum atomic E-state index is -0.256. The smallest absolute Gasteiger partial charge is 0.307 e. The molecule has 1 aliphatic rings. The number of thiazole rings is 1. The molecule has 0 N–H and O–H groups in total. The van der Waals surface area contributed by atoms with E-state index in [0.29, 0.717) is 19.2 Å². The highest BCUT2D eigenvalue weighted by Crippen LogP contribution is 2.06. The van der Waals surface area contributed by atoms with Crippen LogP contribution in [0.2, 0.25) is 0 Å². The molecule has 0 aliphatic carbocycles. The van der Waals surface area contributed by atoms with Gasteiger partial charge >= 0.3 is 10.8 Å². The zero-order valence-electron chi connectivity index (χ0n) is 12.5. The van der Waals surface area contributed by atoms with Crippen LogP contribution < -0.4 is 4.87 Å². The van der Waals surface area contributed by atoms with E-state index in [-0.39, 0.29) is 17.3 Å². The second-order valence-electron chi connectivity index (χ2n) is 5.23. The van der Waals surface area contributed by atoms with Crippen LogP contribution in [-0.4, -0.2) is 54.4 Å². The van der Waals surface area contributed by atoms with Gasteiger partial charge in [-0.05, 0) is 13.8 Å². The van der Waals surface area contributed by atoms with Crippen LogP contribution in [0.5, 0.6) is 0 Å². The number of carbonyl (C=O) groups excluding carboxylic acids is 1. The molecule has 0 saturated carbocycles. The summed E-state index contributed by atoms with van der Waals surface area (Å²) >= 11 is 1.16. The number of esters is 1. The Kier molecular flexibility index (Phi) is 5.96. The quantitative estimate of drug-likeness (QED) is 0.729. The van der Waals surface area contributed by atoms with Crippen molar-refractivity contribution < 1.29 is 14.3 Å². The number of ether oxygens (including phenoxy) is 2. The SMILES string of the molecule is Cc1csc(=O)n1CCC(=O)OCCN1CCOC[C@@H]1C.